The molecule has 1 aromatic carbocycles. The largest absolute Gasteiger partial charge is 0.508 e. The Morgan fingerprint density at radius 3 is 2.19 bits per heavy atom. The molecule has 2 aromatic heterocycles. The lowest BCUT2D eigenvalue weighted by Crippen LogP contribution is -2.37. The molecule has 0 saturated carbocycles. The Labute approximate surface area is 165 Å². The molecular weight excluding hydrogens is 351 g/mol. The van der Waals surface area contributed by atoms with Crippen LogP contribution in [0.3, 0.4) is 0 Å². The van der Waals surface area contributed by atoms with Gasteiger partial charge in [0.05, 0.1) is 6.33 Å². The number of amides is 1. The summed E-state index contributed by atoms with van der Waals surface area (Å²) in [6.45, 7) is 1.44. The molecule has 0 aliphatic rings. The first-order valence-electron chi connectivity index (χ1n) is 7.36. The number of aromatic hydroxyl groups is 1. The molecule has 0 saturated heterocycles. The van der Waals surface area contributed by atoms with Crippen LogP contribution >= 0.6 is 0 Å². The number of phenolic OH excluding ortho intramolecular Hbond substituents is 1. The summed E-state index contributed by atoms with van der Waals surface area (Å²) in [5, 5.41) is 11.5. The van der Waals surface area contributed by atoms with Gasteiger partial charge in [0.2, 0.25) is 5.91 Å². The van der Waals surface area contributed by atoms with Gasteiger partial charge in [-0.15, -0.1) is 0 Å². The van der Waals surface area contributed by atoms with Gasteiger partial charge in [0.1, 0.15) is 5.75 Å². The summed E-state index contributed by atoms with van der Waals surface area (Å²) in [5.74, 6) is 0.0785. The van der Waals surface area contributed by atoms with Gasteiger partial charge >= 0.3 is 28.7 Å². The van der Waals surface area contributed by atoms with Crippen molar-refractivity contribution in [2.24, 2.45) is 21.1 Å². The predicted molar refractivity (Wildman–Crippen MR) is 102 cm³/mol. The number of aromatic nitrogens is 4. The van der Waals surface area contributed by atoms with Gasteiger partial charge < -0.3 is 15.0 Å². The number of carbonyl (C=O) groups is 1. The van der Waals surface area contributed by atoms with E-state index in [4.69, 9.17) is 5.11 Å². The number of carbonyl (C=O) groups excluding carboxylic acids is 1. The van der Waals surface area contributed by atoms with Crippen LogP contribution in [-0.4, -0.2) is 52.8 Å². The maximum Gasteiger partial charge on any atom is 0.332 e. The molecule has 0 bridgehead atoms. The van der Waals surface area contributed by atoms with E-state index in [1.165, 1.54) is 37.0 Å². The molecule has 3 aromatic rings. The fourth-order valence-electron chi connectivity index (χ4n) is 2.22. The highest BCUT2D eigenvalue weighted by Crippen LogP contribution is 2.13. The summed E-state index contributed by atoms with van der Waals surface area (Å²) in [4.78, 5) is 37.7. The second-order valence-electron chi connectivity index (χ2n) is 5.46. The topological polar surface area (TPSA) is 111 Å². The van der Waals surface area contributed by atoms with Crippen LogP contribution in [0.1, 0.15) is 6.92 Å². The Morgan fingerprint density at radius 2 is 1.65 bits per heavy atom. The molecule has 26 heavy (non-hydrogen) atoms. The zero-order valence-corrected chi connectivity index (χ0v) is 14.3. The summed E-state index contributed by atoms with van der Waals surface area (Å²) < 4.78 is 4.04. The zero-order valence-electron chi connectivity index (χ0n) is 14.3. The Morgan fingerprint density at radius 1 is 1.08 bits per heavy atom. The smallest absolute Gasteiger partial charge is 0.332 e. The molecule has 0 unspecified atom stereocenters. The van der Waals surface area contributed by atoms with E-state index in [0.717, 1.165) is 4.57 Å². The molecule has 0 radical (unpaired) electrons. The summed E-state index contributed by atoms with van der Waals surface area (Å²) in [5.41, 5.74) is 0.870. The third kappa shape index (κ3) is 4.52. The van der Waals surface area contributed by atoms with Crippen LogP contribution in [0.4, 0.5) is 5.69 Å². The van der Waals surface area contributed by atoms with Crippen molar-refractivity contribution in [3.05, 3.63) is 51.4 Å². The highest BCUT2D eigenvalue weighted by molar-refractivity contribution is 5.88. The van der Waals surface area contributed by atoms with Crippen LogP contribution in [-0.2, 0) is 25.9 Å². The molecule has 3 rings (SSSR count). The predicted octanol–water partition coefficient (Wildman–Crippen LogP) is -0.595. The van der Waals surface area contributed by atoms with E-state index in [1.807, 2.05) is 0 Å². The van der Waals surface area contributed by atoms with E-state index in [9.17, 15) is 14.4 Å². The number of anilines is 1. The number of benzene rings is 1. The Kier molecular flexibility index (Phi) is 7.15. The lowest BCUT2D eigenvalue weighted by Gasteiger charge is -2.02. The number of imidazole rings is 1. The number of hydrogen-bond acceptors (Lipinski definition) is 5. The summed E-state index contributed by atoms with van der Waals surface area (Å²) in [6.07, 6.45) is 1.52. The second-order valence-corrected chi connectivity index (χ2v) is 5.46. The summed E-state index contributed by atoms with van der Waals surface area (Å²) in [7, 11) is 4.77. The molecule has 2 N–H and O–H groups in total. The minimum absolute atomic E-state index is 0. The van der Waals surface area contributed by atoms with Gasteiger partial charge in [0.15, 0.2) is 11.2 Å². The number of nitrogens with zero attached hydrogens (tertiary/aromatic N) is 4. The lowest BCUT2D eigenvalue weighted by atomic mass is 10.3. The molecule has 0 aliphatic heterocycles. The lowest BCUT2D eigenvalue weighted by molar-refractivity contribution is -0.114. The average Bonchev–Trinajstić information content (AvgIpc) is 2.95. The van der Waals surface area contributed by atoms with Crippen molar-refractivity contribution in [2.75, 3.05) is 5.32 Å². The van der Waals surface area contributed by atoms with Gasteiger partial charge in [-0.1, -0.05) is 0 Å². The number of rotatable bonds is 1. The van der Waals surface area contributed by atoms with Gasteiger partial charge in [0.25, 0.3) is 5.56 Å². The van der Waals surface area contributed by atoms with Gasteiger partial charge in [-0.3, -0.25) is 18.7 Å². The molecule has 0 fully saturated rings. The molecule has 0 atom stereocenters. The Bertz CT molecular complexity index is 1030. The third-order valence-corrected chi connectivity index (χ3v) is 3.50. The molecule has 0 aliphatic carbocycles. The van der Waals surface area contributed by atoms with E-state index in [0.29, 0.717) is 16.9 Å². The maximum absolute atomic E-state index is 11.7. The van der Waals surface area contributed by atoms with E-state index >= 15 is 0 Å². The van der Waals surface area contributed by atoms with Gasteiger partial charge in [-0.25, -0.2) is 9.78 Å². The molecule has 10 heteroatoms. The van der Waals surface area contributed by atoms with Crippen LogP contribution < -0.4 is 16.6 Å². The Hall–Kier alpha value is -2.59. The van der Waals surface area contributed by atoms with E-state index in [1.54, 1.807) is 30.8 Å². The average molecular weight is 372 g/mol. The van der Waals surface area contributed by atoms with E-state index in [2.05, 4.69) is 10.3 Å². The van der Waals surface area contributed by atoms with E-state index < -0.39 is 0 Å². The van der Waals surface area contributed by atoms with Gasteiger partial charge in [-0.2, -0.15) is 0 Å². The van der Waals surface area contributed by atoms with Crippen molar-refractivity contribution >= 4 is 45.8 Å². The first-order chi connectivity index (χ1) is 11.7. The van der Waals surface area contributed by atoms with Crippen molar-refractivity contribution in [1.29, 1.82) is 0 Å². The van der Waals surface area contributed by atoms with Crippen LogP contribution in [0.2, 0.25) is 0 Å². The highest BCUT2D eigenvalue weighted by Gasteiger charge is 2.11. The van der Waals surface area contributed by atoms with Crippen LogP contribution in [0.15, 0.2) is 40.2 Å². The number of nitrogens with one attached hydrogen (secondary N) is 1. The molecule has 2 heterocycles. The third-order valence-electron chi connectivity index (χ3n) is 3.50. The van der Waals surface area contributed by atoms with Crippen LogP contribution in [0.5, 0.6) is 5.75 Å². The van der Waals surface area contributed by atoms with Crippen LogP contribution in [0, 0.1) is 0 Å². The minimum atomic E-state index is -0.360. The molecule has 9 nitrogen and oxygen atoms in total. The number of aryl methyl sites for hydroxylation is 2. The normalized spacial score (nSPS) is 9.85. The zero-order chi connectivity index (χ0) is 18.7. The van der Waals surface area contributed by atoms with Crippen molar-refractivity contribution in [2.45, 2.75) is 6.92 Å². The molecule has 136 valence electrons. The number of fused-ring (bicyclic) bond motifs is 1. The van der Waals surface area contributed by atoms with Crippen molar-refractivity contribution in [3.63, 3.8) is 0 Å². The fourth-order valence-corrected chi connectivity index (χ4v) is 2.22. The molecule has 1 amide bonds. The fraction of sp³-hybridized carbons (Fsp3) is 0.250. The maximum atomic E-state index is 11.7. The molecule has 0 spiro atoms. The standard InChI is InChI=1S/C8H10N4O2.C8H9NO2.Mg.2H/c1-10-4-9-6-5(10)7(13)12(3)8(14)11(6)2;1-6(10)9-7-2-4-8(11)5-3-7;;;/h4H,1-3H3;2-5,11H,1H3,(H,9,10);;;. The number of phenols is 1. The SMILES string of the molecule is CC(=O)Nc1ccc(O)cc1.Cn1c(=O)c2c(ncn2C)n(C)c1=O.[MgH2]. The number of hydrogen-bond donors (Lipinski definition) is 2. The monoisotopic (exact) mass is 371 g/mol. The van der Waals surface area contributed by atoms with E-state index in [-0.39, 0.29) is 46.0 Å². The summed E-state index contributed by atoms with van der Waals surface area (Å²) >= 11 is 0. The van der Waals surface area contributed by atoms with Crippen molar-refractivity contribution < 1.29 is 9.90 Å². The van der Waals surface area contributed by atoms with Crippen molar-refractivity contribution in [1.82, 2.24) is 18.7 Å². The minimum Gasteiger partial charge on any atom is -0.508 e. The first kappa shape index (κ1) is 21.4. The van der Waals surface area contributed by atoms with Crippen LogP contribution in [0.25, 0.3) is 11.2 Å². The van der Waals surface area contributed by atoms with Gasteiger partial charge in [-0.05, 0) is 24.3 Å². The highest BCUT2D eigenvalue weighted by atomic mass is 24.3. The second kappa shape index (κ2) is 8.67. The first-order valence-corrected chi connectivity index (χ1v) is 7.36. The van der Waals surface area contributed by atoms with Crippen molar-refractivity contribution in [3.8, 4) is 5.75 Å². The summed E-state index contributed by atoms with van der Waals surface area (Å²) in [6, 6.07) is 6.31. The Balaban J connectivity index is 0.000000258. The van der Waals surface area contributed by atoms with Gasteiger partial charge in [0, 0.05) is 33.8 Å². The quantitative estimate of drug-likeness (QED) is 0.438. The molecular formula is C16H21MgN5O4.